The summed E-state index contributed by atoms with van der Waals surface area (Å²) in [5, 5.41) is 6.60. The Morgan fingerprint density at radius 3 is 2.57 bits per heavy atom. The molecule has 6 nitrogen and oxygen atoms in total. The molecule has 28 heavy (non-hydrogen) atoms. The SMILES string of the molecule is COC(=O)c1ccccc1NC(=O)c1cncc(Nc2ccc(Cl)cc2C)c1. The predicted molar refractivity (Wildman–Crippen MR) is 109 cm³/mol. The van der Waals surface area contributed by atoms with E-state index < -0.39 is 5.97 Å². The lowest BCUT2D eigenvalue weighted by Crippen LogP contribution is -2.15. The van der Waals surface area contributed by atoms with Crippen molar-refractivity contribution >= 4 is 40.5 Å². The first-order valence-electron chi connectivity index (χ1n) is 8.45. The third kappa shape index (κ3) is 4.47. The Morgan fingerprint density at radius 1 is 1.04 bits per heavy atom. The van der Waals surface area contributed by atoms with Crippen LogP contribution >= 0.6 is 11.6 Å². The molecule has 0 saturated heterocycles. The Morgan fingerprint density at radius 2 is 1.82 bits per heavy atom. The van der Waals surface area contributed by atoms with Crippen molar-refractivity contribution in [1.29, 1.82) is 0 Å². The molecule has 2 N–H and O–H groups in total. The molecule has 0 spiro atoms. The van der Waals surface area contributed by atoms with Gasteiger partial charge in [-0.3, -0.25) is 9.78 Å². The van der Waals surface area contributed by atoms with Crippen LogP contribution in [0.25, 0.3) is 0 Å². The largest absolute Gasteiger partial charge is 0.465 e. The quantitative estimate of drug-likeness (QED) is 0.605. The number of esters is 1. The van der Waals surface area contributed by atoms with Crippen LogP contribution in [0.5, 0.6) is 0 Å². The number of methoxy groups -OCH3 is 1. The van der Waals surface area contributed by atoms with Crippen LogP contribution < -0.4 is 10.6 Å². The molecule has 2 aromatic carbocycles. The smallest absolute Gasteiger partial charge is 0.339 e. The molecule has 3 aromatic rings. The van der Waals surface area contributed by atoms with Crippen molar-refractivity contribution in [2.24, 2.45) is 0 Å². The molecule has 0 bridgehead atoms. The normalized spacial score (nSPS) is 10.2. The highest BCUT2D eigenvalue weighted by atomic mass is 35.5. The number of ether oxygens (including phenoxy) is 1. The van der Waals surface area contributed by atoms with Crippen molar-refractivity contribution in [1.82, 2.24) is 4.98 Å². The number of hydrogen-bond donors (Lipinski definition) is 2. The van der Waals surface area contributed by atoms with Gasteiger partial charge in [-0.25, -0.2) is 4.79 Å². The summed E-state index contributed by atoms with van der Waals surface area (Å²) in [5.74, 6) is -0.914. The van der Waals surface area contributed by atoms with Crippen molar-refractivity contribution in [3.05, 3.63) is 82.6 Å². The van der Waals surface area contributed by atoms with E-state index in [1.54, 1.807) is 42.6 Å². The fourth-order valence-electron chi connectivity index (χ4n) is 2.63. The molecule has 1 amide bonds. The van der Waals surface area contributed by atoms with E-state index in [1.165, 1.54) is 13.3 Å². The minimum atomic E-state index is -0.525. The van der Waals surface area contributed by atoms with E-state index >= 15 is 0 Å². The van der Waals surface area contributed by atoms with Crippen LogP contribution in [0.2, 0.25) is 5.02 Å². The first kappa shape index (κ1) is 19.4. The van der Waals surface area contributed by atoms with Crippen molar-refractivity contribution in [3.63, 3.8) is 0 Å². The number of para-hydroxylation sites is 1. The molecule has 0 saturated carbocycles. The second kappa shape index (κ2) is 8.54. The fourth-order valence-corrected chi connectivity index (χ4v) is 2.86. The number of nitrogens with one attached hydrogen (secondary N) is 2. The molecular formula is C21H18ClN3O3. The van der Waals surface area contributed by atoms with Gasteiger partial charge in [0.15, 0.2) is 0 Å². The number of hydrogen-bond acceptors (Lipinski definition) is 5. The third-order valence-corrected chi connectivity index (χ3v) is 4.28. The van der Waals surface area contributed by atoms with Crippen molar-refractivity contribution in [2.45, 2.75) is 6.92 Å². The molecule has 0 aliphatic heterocycles. The number of benzene rings is 2. The summed E-state index contributed by atoms with van der Waals surface area (Å²) in [6.07, 6.45) is 3.07. The third-order valence-electron chi connectivity index (χ3n) is 4.05. The maximum atomic E-state index is 12.6. The first-order valence-corrected chi connectivity index (χ1v) is 8.82. The van der Waals surface area contributed by atoms with Crippen LogP contribution in [0.15, 0.2) is 60.9 Å². The average molecular weight is 396 g/mol. The Bertz CT molecular complexity index is 1040. The van der Waals surface area contributed by atoms with Crippen LogP contribution in [0, 0.1) is 6.92 Å². The van der Waals surface area contributed by atoms with E-state index in [9.17, 15) is 9.59 Å². The number of anilines is 3. The Kier molecular flexibility index (Phi) is 5.91. The van der Waals surface area contributed by atoms with Gasteiger partial charge < -0.3 is 15.4 Å². The molecular weight excluding hydrogens is 378 g/mol. The zero-order valence-corrected chi connectivity index (χ0v) is 16.1. The summed E-state index contributed by atoms with van der Waals surface area (Å²) < 4.78 is 4.75. The van der Waals surface area contributed by atoms with Gasteiger partial charge in [0.05, 0.1) is 35.8 Å². The van der Waals surface area contributed by atoms with Gasteiger partial charge >= 0.3 is 5.97 Å². The summed E-state index contributed by atoms with van der Waals surface area (Å²) in [4.78, 5) is 28.6. The van der Waals surface area contributed by atoms with Crippen LogP contribution in [0.4, 0.5) is 17.1 Å². The van der Waals surface area contributed by atoms with E-state index in [0.29, 0.717) is 22.0 Å². The lowest BCUT2D eigenvalue weighted by atomic mass is 10.1. The number of rotatable bonds is 5. The zero-order chi connectivity index (χ0) is 20.1. The van der Waals surface area contributed by atoms with E-state index in [4.69, 9.17) is 16.3 Å². The lowest BCUT2D eigenvalue weighted by Gasteiger charge is -2.12. The molecule has 142 valence electrons. The number of amides is 1. The van der Waals surface area contributed by atoms with E-state index in [-0.39, 0.29) is 11.5 Å². The minimum Gasteiger partial charge on any atom is -0.465 e. The topological polar surface area (TPSA) is 80.3 Å². The number of aromatic nitrogens is 1. The zero-order valence-electron chi connectivity index (χ0n) is 15.3. The van der Waals surface area contributed by atoms with Crippen molar-refractivity contribution < 1.29 is 14.3 Å². The second-order valence-electron chi connectivity index (χ2n) is 6.04. The molecule has 1 heterocycles. The van der Waals surface area contributed by atoms with Gasteiger partial charge in [-0.2, -0.15) is 0 Å². The first-order chi connectivity index (χ1) is 13.5. The molecule has 7 heteroatoms. The summed E-state index contributed by atoms with van der Waals surface area (Å²) in [6.45, 7) is 1.93. The van der Waals surface area contributed by atoms with E-state index in [1.807, 2.05) is 19.1 Å². The van der Waals surface area contributed by atoms with Gasteiger partial charge in [0.2, 0.25) is 0 Å². The maximum absolute atomic E-state index is 12.6. The molecule has 0 fully saturated rings. The van der Waals surface area contributed by atoms with E-state index in [0.717, 1.165) is 11.3 Å². The van der Waals surface area contributed by atoms with Crippen LogP contribution in [0.1, 0.15) is 26.3 Å². The predicted octanol–water partition coefficient (Wildman–Crippen LogP) is 4.83. The van der Waals surface area contributed by atoms with Crippen molar-refractivity contribution in [2.75, 3.05) is 17.7 Å². The standard InChI is InChI=1S/C21H18ClN3O3/c1-13-9-15(22)7-8-18(13)24-16-10-14(11-23-12-16)20(26)25-19-6-4-3-5-17(19)21(27)28-2/h3-12,24H,1-2H3,(H,25,26). The minimum absolute atomic E-state index is 0.275. The van der Waals surface area contributed by atoms with Gasteiger partial charge in [-0.1, -0.05) is 23.7 Å². The highest BCUT2D eigenvalue weighted by Crippen LogP contribution is 2.24. The number of halogens is 1. The molecule has 1 aromatic heterocycles. The lowest BCUT2D eigenvalue weighted by molar-refractivity contribution is 0.0602. The van der Waals surface area contributed by atoms with Crippen LogP contribution in [-0.4, -0.2) is 24.0 Å². The van der Waals surface area contributed by atoms with Crippen LogP contribution in [-0.2, 0) is 4.74 Å². The molecule has 0 aliphatic carbocycles. The van der Waals surface area contributed by atoms with Gasteiger partial charge in [-0.05, 0) is 48.9 Å². The molecule has 0 aliphatic rings. The summed E-state index contributed by atoms with van der Waals surface area (Å²) in [5.41, 5.74) is 3.47. The summed E-state index contributed by atoms with van der Waals surface area (Å²) in [6, 6.07) is 13.8. The fraction of sp³-hybridized carbons (Fsp3) is 0.0952. The number of nitrogens with zero attached hydrogens (tertiary/aromatic N) is 1. The Labute approximate surface area is 167 Å². The Balaban J connectivity index is 1.81. The number of carbonyl (C=O) groups is 2. The highest BCUT2D eigenvalue weighted by molar-refractivity contribution is 6.30. The molecule has 3 rings (SSSR count). The maximum Gasteiger partial charge on any atom is 0.339 e. The van der Waals surface area contributed by atoms with Crippen LogP contribution in [0.3, 0.4) is 0 Å². The second-order valence-corrected chi connectivity index (χ2v) is 6.47. The van der Waals surface area contributed by atoms with Gasteiger partial charge in [0.1, 0.15) is 0 Å². The summed E-state index contributed by atoms with van der Waals surface area (Å²) >= 11 is 5.98. The number of aryl methyl sites for hydroxylation is 1. The van der Waals surface area contributed by atoms with Gasteiger partial charge in [-0.15, -0.1) is 0 Å². The van der Waals surface area contributed by atoms with Gasteiger partial charge in [0, 0.05) is 16.9 Å². The van der Waals surface area contributed by atoms with E-state index in [2.05, 4.69) is 15.6 Å². The summed E-state index contributed by atoms with van der Waals surface area (Å²) in [7, 11) is 1.29. The average Bonchev–Trinajstić information content (AvgIpc) is 2.70. The highest BCUT2D eigenvalue weighted by Gasteiger charge is 2.15. The monoisotopic (exact) mass is 395 g/mol. The number of carbonyl (C=O) groups excluding carboxylic acids is 2. The Hall–Kier alpha value is -3.38. The molecule has 0 atom stereocenters. The van der Waals surface area contributed by atoms with Gasteiger partial charge in [0.25, 0.3) is 5.91 Å². The molecule has 0 unspecified atom stereocenters. The number of pyridine rings is 1. The molecule has 0 radical (unpaired) electrons. The van der Waals surface area contributed by atoms with Crippen molar-refractivity contribution in [3.8, 4) is 0 Å².